The van der Waals surface area contributed by atoms with Crippen molar-refractivity contribution in [1.29, 1.82) is 5.26 Å². The van der Waals surface area contributed by atoms with Gasteiger partial charge in [0.15, 0.2) is 8.32 Å². The van der Waals surface area contributed by atoms with Crippen LogP contribution in [-0.4, -0.2) is 26.0 Å². The van der Waals surface area contributed by atoms with Crippen molar-refractivity contribution >= 4 is 24.2 Å². The van der Waals surface area contributed by atoms with E-state index in [-0.39, 0.29) is 6.10 Å². The van der Waals surface area contributed by atoms with Crippen molar-refractivity contribution in [2.45, 2.75) is 38.6 Å². The monoisotopic (exact) mass is 381 g/mol. The molecule has 0 saturated heterocycles. The van der Waals surface area contributed by atoms with Gasteiger partial charge in [-0.2, -0.15) is 5.26 Å². The molecule has 0 heterocycles. The lowest BCUT2D eigenvalue weighted by atomic mass is 10.2. The third-order valence-electron chi connectivity index (χ3n) is 2.98. The van der Waals surface area contributed by atoms with Crippen LogP contribution in [0.2, 0.25) is 13.1 Å². The predicted octanol–water partition coefficient (Wildman–Crippen LogP) is 4.59. The van der Waals surface area contributed by atoms with Gasteiger partial charge in [0.1, 0.15) is 0 Å². The van der Waals surface area contributed by atoms with E-state index in [4.69, 9.17) is 14.4 Å². The van der Waals surface area contributed by atoms with E-state index >= 15 is 0 Å². The molecule has 0 aromatic heterocycles. The van der Waals surface area contributed by atoms with Crippen LogP contribution < -0.4 is 0 Å². The van der Waals surface area contributed by atoms with Crippen molar-refractivity contribution in [3.63, 3.8) is 0 Å². The molecular formula is C17H24BrNO2Si. The van der Waals surface area contributed by atoms with Gasteiger partial charge >= 0.3 is 0 Å². The SMILES string of the molecule is C[Si](C)(CBr)OC(/C=C/CCOCc1ccccc1)CC#N. The fraction of sp³-hybridized carbons (Fsp3) is 0.471. The van der Waals surface area contributed by atoms with Gasteiger partial charge in [0.2, 0.25) is 0 Å². The second-order valence-corrected chi connectivity index (χ2v) is 11.4. The molecule has 0 saturated carbocycles. The Bertz CT molecular complexity index is 485. The minimum Gasteiger partial charge on any atom is -0.409 e. The van der Waals surface area contributed by atoms with E-state index < -0.39 is 8.32 Å². The van der Waals surface area contributed by atoms with Crippen molar-refractivity contribution in [3.8, 4) is 6.07 Å². The minimum absolute atomic E-state index is 0.113. The van der Waals surface area contributed by atoms with E-state index in [0.29, 0.717) is 19.6 Å². The number of hydrogen-bond acceptors (Lipinski definition) is 3. The van der Waals surface area contributed by atoms with Gasteiger partial charge in [0.25, 0.3) is 0 Å². The molecule has 1 unspecified atom stereocenters. The summed E-state index contributed by atoms with van der Waals surface area (Å²) in [6.45, 7) is 5.59. The summed E-state index contributed by atoms with van der Waals surface area (Å²) < 4.78 is 11.7. The lowest BCUT2D eigenvalue weighted by Gasteiger charge is -2.24. The summed E-state index contributed by atoms with van der Waals surface area (Å²) in [6.07, 6.45) is 5.15. The Hall–Kier alpha value is -0.933. The Labute approximate surface area is 143 Å². The Morgan fingerprint density at radius 2 is 2.05 bits per heavy atom. The van der Waals surface area contributed by atoms with Crippen molar-refractivity contribution in [1.82, 2.24) is 0 Å². The molecule has 0 aliphatic carbocycles. The highest BCUT2D eigenvalue weighted by atomic mass is 79.9. The van der Waals surface area contributed by atoms with E-state index in [0.717, 1.165) is 11.4 Å². The van der Waals surface area contributed by atoms with Crippen LogP contribution in [0, 0.1) is 11.3 Å². The largest absolute Gasteiger partial charge is 0.409 e. The highest BCUT2D eigenvalue weighted by Crippen LogP contribution is 2.14. The fourth-order valence-corrected chi connectivity index (χ4v) is 3.28. The zero-order valence-corrected chi connectivity index (χ0v) is 15.9. The zero-order chi connectivity index (χ0) is 16.3. The van der Waals surface area contributed by atoms with Crippen LogP contribution >= 0.6 is 15.9 Å². The van der Waals surface area contributed by atoms with Crippen LogP contribution in [0.15, 0.2) is 42.5 Å². The normalized spacial score (nSPS) is 13.2. The molecule has 22 heavy (non-hydrogen) atoms. The third kappa shape index (κ3) is 8.50. The maximum Gasteiger partial charge on any atom is 0.197 e. The molecule has 1 aromatic rings. The minimum atomic E-state index is -1.71. The number of halogens is 1. The molecule has 0 N–H and O–H groups in total. The van der Waals surface area contributed by atoms with Gasteiger partial charge in [0, 0.05) is 4.95 Å². The number of nitrogens with zero attached hydrogens (tertiary/aromatic N) is 1. The molecule has 0 aliphatic rings. The molecule has 1 aromatic carbocycles. The summed E-state index contributed by atoms with van der Waals surface area (Å²) >= 11 is 3.48. The average Bonchev–Trinajstić information content (AvgIpc) is 2.51. The molecule has 3 nitrogen and oxygen atoms in total. The van der Waals surface area contributed by atoms with Gasteiger partial charge < -0.3 is 9.16 Å². The standard InChI is InChI=1S/C17H24BrNO2Si/c1-22(2,15-18)21-17(11-12-19)10-6-7-13-20-14-16-8-4-3-5-9-16/h3-6,8-10,17H,7,11,13-15H2,1-2H3/b10-6+. The predicted molar refractivity (Wildman–Crippen MR) is 96.2 cm³/mol. The summed E-state index contributed by atoms with van der Waals surface area (Å²) in [7, 11) is -1.71. The fourth-order valence-electron chi connectivity index (χ4n) is 1.84. The van der Waals surface area contributed by atoms with Crippen LogP contribution in [0.1, 0.15) is 18.4 Å². The smallest absolute Gasteiger partial charge is 0.197 e. The quantitative estimate of drug-likeness (QED) is 0.257. The summed E-state index contributed by atoms with van der Waals surface area (Å²) in [5.74, 6) is 0. The molecule has 0 radical (unpaired) electrons. The van der Waals surface area contributed by atoms with Gasteiger partial charge in [0.05, 0.1) is 31.8 Å². The summed E-state index contributed by atoms with van der Waals surface area (Å²) in [4.78, 5) is 0.871. The van der Waals surface area contributed by atoms with Crippen LogP contribution in [0.25, 0.3) is 0 Å². The van der Waals surface area contributed by atoms with E-state index in [1.54, 1.807) is 0 Å². The van der Waals surface area contributed by atoms with E-state index in [9.17, 15) is 0 Å². The molecule has 5 heteroatoms. The lowest BCUT2D eigenvalue weighted by Crippen LogP contribution is -2.37. The molecule has 1 atom stereocenters. The van der Waals surface area contributed by atoms with Crippen LogP contribution in [-0.2, 0) is 15.8 Å². The first-order valence-corrected chi connectivity index (χ1v) is 11.7. The van der Waals surface area contributed by atoms with Crippen molar-refractivity contribution in [2.24, 2.45) is 0 Å². The van der Waals surface area contributed by atoms with Crippen LogP contribution in [0.4, 0.5) is 0 Å². The van der Waals surface area contributed by atoms with Crippen molar-refractivity contribution in [2.75, 3.05) is 11.6 Å². The summed E-state index contributed by atoms with van der Waals surface area (Å²) in [5, 5.41) is 8.89. The first-order valence-electron chi connectivity index (χ1n) is 7.46. The van der Waals surface area contributed by atoms with Crippen LogP contribution in [0.5, 0.6) is 0 Å². The molecule has 0 fully saturated rings. The molecule has 0 spiro atoms. The molecule has 0 bridgehead atoms. The van der Waals surface area contributed by atoms with E-state index in [1.807, 2.05) is 30.4 Å². The molecule has 0 amide bonds. The second-order valence-electron chi connectivity index (χ2n) is 5.67. The first kappa shape index (κ1) is 19.1. The topological polar surface area (TPSA) is 42.2 Å². The maximum absolute atomic E-state index is 8.89. The van der Waals surface area contributed by atoms with Crippen molar-refractivity contribution in [3.05, 3.63) is 48.0 Å². The Morgan fingerprint density at radius 3 is 2.68 bits per heavy atom. The summed E-state index contributed by atoms with van der Waals surface area (Å²) in [5.41, 5.74) is 1.18. The highest BCUT2D eigenvalue weighted by Gasteiger charge is 2.24. The second kappa shape index (κ2) is 10.7. The Morgan fingerprint density at radius 1 is 1.32 bits per heavy atom. The molecule has 120 valence electrons. The lowest BCUT2D eigenvalue weighted by molar-refractivity contribution is 0.125. The number of rotatable bonds is 10. The summed E-state index contributed by atoms with van der Waals surface area (Å²) in [6, 6.07) is 12.3. The number of hydrogen-bond donors (Lipinski definition) is 0. The number of benzene rings is 1. The van der Waals surface area contributed by atoms with Crippen LogP contribution in [0.3, 0.4) is 0 Å². The van der Waals surface area contributed by atoms with Gasteiger partial charge in [-0.05, 0) is 25.1 Å². The number of nitriles is 1. The maximum atomic E-state index is 8.89. The van der Waals surface area contributed by atoms with Gasteiger partial charge in [-0.15, -0.1) is 0 Å². The first-order chi connectivity index (χ1) is 10.6. The Balaban J connectivity index is 2.28. The van der Waals surface area contributed by atoms with Gasteiger partial charge in [-0.3, -0.25) is 0 Å². The average molecular weight is 382 g/mol. The van der Waals surface area contributed by atoms with E-state index in [1.165, 1.54) is 5.56 Å². The number of alkyl halides is 1. The molecule has 1 rings (SSSR count). The Kier molecular flexibility index (Phi) is 9.33. The van der Waals surface area contributed by atoms with E-state index in [2.05, 4.69) is 47.2 Å². The third-order valence-corrected chi connectivity index (χ3v) is 8.61. The van der Waals surface area contributed by atoms with Gasteiger partial charge in [-0.1, -0.05) is 58.4 Å². The van der Waals surface area contributed by atoms with Crippen molar-refractivity contribution < 1.29 is 9.16 Å². The van der Waals surface area contributed by atoms with Gasteiger partial charge in [-0.25, -0.2) is 0 Å². The molecular weight excluding hydrogens is 358 g/mol. The number of ether oxygens (including phenoxy) is 1. The zero-order valence-electron chi connectivity index (χ0n) is 13.3. The highest BCUT2D eigenvalue weighted by molar-refractivity contribution is 9.09. The molecule has 0 aliphatic heterocycles.